The van der Waals surface area contributed by atoms with Crippen molar-refractivity contribution in [3.8, 4) is 0 Å². The molecule has 0 radical (unpaired) electrons. The van der Waals surface area contributed by atoms with Crippen molar-refractivity contribution >= 4 is 17.9 Å². The molecule has 0 bridgehead atoms. The number of aliphatic carboxylic acids is 3. The Kier molecular flexibility index (Phi) is 6.91. The van der Waals surface area contributed by atoms with Gasteiger partial charge in [0.25, 0.3) is 0 Å². The molecule has 18 heavy (non-hydrogen) atoms. The van der Waals surface area contributed by atoms with Gasteiger partial charge in [0.05, 0.1) is 6.42 Å². The number of rotatable bonds is 9. The van der Waals surface area contributed by atoms with Crippen molar-refractivity contribution in [3.05, 3.63) is 0 Å². The van der Waals surface area contributed by atoms with Gasteiger partial charge in [-0.25, -0.2) is 10.9 Å². The van der Waals surface area contributed by atoms with E-state index in [1.165, 1.54) is 0 Å². The van der Waals surface area contributed by atoms with Crippen LogP contribution in [0, 0.1) is 5.92 Å². The quantitative estimate of drug-likeness (QED) is 0.351. The summed E-state index contributed by atoms with van der Waals surface area (Å²) in [7, 11) is 0. The third-order valence-corrected chi connectivity index (χ3v) is 2.11. The molecule has 8 nitrogen and oxygen atoms in total. The molecule has 104 valence electrons. The maximum Gasteiger partial charge on any atom is 0.322 e. The maximum absolute atomic E-state index is 10.9. The second-order valence-electron chi connectivity index (χ2n) is 4.30. The number of nitrogens with one attached hydrogen (secondary N) is 2. The van der Waals surface area contributed by atoms with Crippen LogP contribution in [0.2, 0.25) is 0 Å². The van der Waals surface area contributed by atoms with Gasteiger partial charge in [-0.1, -0.05) is 13.8 Å². The standard InChI is InChI=1S/C10H18N2O6/c1-5(2)3-6(9(15)16)11-12-7(10(17)18)4-8(13)14/h5-7,11-12H,3-4H2,1-2H3,(H,13,14)(H,15,16)(H,17,18)/t6-,7-/m0/s1. The Hall–Kier alpha value is -1.67. The fourth-order valence-electron chi connectivity index (χ4n) is 1.27. The van der Waals surface area contributed by atoms with E-state index in [-0.39, 0.29) is 5.92 Å². The molecule has 0 unspecified atom stereocenters. The van der Waals surface area contributed by atoms with E-state index in [2.05, 4.69) is 10.9 Å². The minimum Gasteiger partial charge on any atom is -0.481 e. The Balaban J connectivity index is 4.41. The molecule has 0 aliphatic heterocycles. The minimum absolute atomic E-state index is 0.100. The molecule has 5 N–H and O–H groups in total. The Labute approximate surface area is 104 Å². The van der Waals surface area contributed by atoms with Crippen LogP contribution in [-0.2, 0) is 14.4 Å². The third-order valence-electron chi connectivity index (χ3n) is 2.11. The van der Waals surface area contributed by atoms with Crippen LogP contribution in [-0.4, -0.2) is 45.3 Å². The van der Waals surface area contributed by atoms with Gasteiger partial charge >= 0.3 is 17.9 Å². The lowest BCUT2D eigenvalue weighted by Crippen LogP contribution is -2.53. The van der Waals surface area contributed by atoms with E-state index in [1.807, 2.05) is 13.8 Å². The summed E-state index contributed by atoms with van der Waals surface area (Å²) in [6.45, 7) is 3.65. The summed E-state index contributed by atoms with van der Waals surface area (Å²) in [5.41, 5.74) is 4.57. The predicted octanol–water partition coefficient (Wildman–Crippen LogP) is -0.492. The molecule has 0 heterocycles. The first-order chi connectivity index (χ1) is 8.23. The van der Waals surface area contributed by atoms with Gasteiger partial charge in [0.15, 0.2) is 0 Å². The van der Waals surface area contributed by atoms with Crippen LogP contribution in [0.3, 0.4) is 0 Å². The van der Waals surface area contributed by atoms with Gasteiger partial charge in [-0.15, -0.1) is 0 Å². The predicted molar refractivity (Wildman–Crippen MR) is 60.8 cm³/mol. The zero-order valence-corrected chi connectivity index (χ0v) is 10.2. The number of hydrazine groups is 1. The van der Waals surface area contributed by atoms with Crippen molar-refractivity contribution in [2.24, 2.45) is 5.92 Å². The van der Waals surface area contributed by atoms with Gasteiger partial charge in [-0.05, 0) is 12.3 Å². The van der Waals surface area contributed by atoms with Gasteiger partial charge in [-0.2, -0.15) is 0 Å². The van der Waals surface area contributed by atoms with Gasteiger partial charge in [0.1, 0.15) is 12.1 Å². The first-order valence-electron chi connectivity index (χ1n) is 5.42. The molecule has 0 fully saturated rings. The highest BCUT2D eigenvalue weighted by Crippen LogP contribution is 2.04. The van der Waals surface area contributed by atoms with E-state index in [4.69, 9.17) is 15.3 Å². The molecule has 0 saturated carbocycles. The van der Waals surface area contributed by atoms with Crippen LogP contribution < -0.4 is 10.9 Å². The van der Waals surface area contributed by atoms with Crippen LogP contribution in [0.15, 0.2) is 0 Å². The lowest BCUT2D eigenvalue weighted by Gasteiger charge is -2.20. The highest BCUT2D eigenvalue weighted by atomic mass is 16.4. The zero-order chi connectivity index (χ0) is 14.3. The van der Waals surface area contributed by atoms with E-state index in [0.29, 0.717) is 6.42 Å². The average Bonchev–Trinajstić information content (AvgIpc) is 2.20. The van der Waals surface area contributed by atoms with Crippen molar-refractivity contribution in [1.82, 2.24) is 10.9 Å². The van der Waals surface area contributed by atoms with E-state index in [1.54, 1.807) is 0 Å². The van der Waals surface area contributed by atoms with E-state index >= 15 is 0 Å². The van der Waals surface area contributed by atoms with Crippen molar-refractivity contribution in [3.63, 3.8) is 0 Å². The average molecular weight is 262 g/mol. The van der Waals surface area contributed by atoms with Crippen LogP contribution in [0.1, 0.15) is 26.7 Å². The molecule has 0 aromatic rings. The highest BCUT2D eigenvalue weighted by molar-refractivity contribution is 5.80. The van der Waals surface area contributed by atoms with Crippen molar-refractivity contribution in [2.45, 2.75) is 38.8 Å². The molecule has 2 atom stereocenters. The summed E-state index contributed by atoms with van der Waals surface area (Å²) < 4.78 is 0. The number of hydrogen-bond donors (Lipinski definition) is 5. The molecule has 0 spiro atoms. The smallest absolute Gasteiger partial charge is 0.322 e. The maximum atomic E-state index is 10.9. The molecule has 0 amide bonds. The normalized spacial score (nSPS) is 14.2. The summed E-state index contributed by atoms with van der Waals surface area (Å²) in [4.78, 5) is 32.0. The van der Waals surface area contributed by atoms with Gasteiger partial charge in [-0.3, -0.25) is 14.4 Å². The Morgan fingerprint density at radius 3 is 1.72 bits per heavy atom. The number of carbonyl (C=O) groups is 3. The second-order valence-corrected chi connectivity index (χ2v) is 4.30. The van der Waals surface area contributed by atoms with Crippen molar-refractivity contribution < 1.29 is 29.7 Å². The molecular formula is C10H18N2O6. The van der Waals surface area contributed by atoms with Crippen molar-refractivity contribution in [2.75, 3.05) is 0 Å². The Bertz CT molecular complexity index is 317. The fourth-order valence-corrected chi connectivity index (χ4v) is 1.27. The molecular weight excluding hydrogens is 244 g/mol. The summed E-state index contributed by atoms with van der Waals surface area (Å²) in [6.07, 6.45) is -0.349. The van der Waals surface area contributed by atoms with E-state index in [0.717, 1.165) is 0 Å². The summed E-state index contributed by atoms with van der Waals surface area (Å²) in [5, 5.41) is 26.1. The highest BCUT2D eigenvalue weighted by Gasteiger charge is 2.24. The van der Waals surface area contributed by atoms with Crippen LogP contribution in [0.5, 0.6) is 0 Å². The molecule has 8 heteroatoms. The van der Waals surface area contributed by atoms with Gasteiger partial charge in [0.2, 0.25) is 0 Å². The molecule has 0 aliphatic rings. The lowest BCUT2D eigenvalue weighted by molar-refractivity contribution is -0.147. The molecule has 0 aromatic heterocycles. The number of carboxylic acids is 3. The third kappa shape index (κ3) is 6.81. The second kappa shape index (κ2) is 7.62. The van der Waals surface area contributed by atoms with Crippen molar-refractivity contribution in [1.29, 1.82) is 0 Å². The zero-order valence-electron chi connectivity index (χ0n) is 10.2. The summed E-state index contributed by atoms with van der Waals surface area (Å²) in [6, 6.07) is -2.35. The molecule has 0 rings (SSSR count). The minimum atomic E-state index is -1.38. The Morgan fingerprint density at radius 1 is 0.944 bits per heavy atom. The largest absolute Gasteiger partial charge is 0.481 e. The lowest BCUT2D eigenvalue weighted by atomic mass is 10.0. The topological polar surface area (TPSA) is 136 Å². The first kappa shape index (κ1) is 16.3. The van der Waals surface area contributed by atoms with Gasteiger partial charge < -0.3 is 15.3 Å². The number of hydrogen-bond acceptors (Lipinski definition) is 5. The molecule has 0 aliphatic carbocycles. The van der Waals surface area contributed by atoms with E-state index in [9.17, 15) is 14.4 Å². The SMILES string of the molecule is CC(C)C[C@H](NN[C@@H](CC(=O)O)C(=O)O)C(=O)O. The van der Waals surface area contributed by atoms with Crippen LogP contribution in [0.25, 0.3) is 0 Å². The van der Waals surface area contributed by atoms with E-state index < -0.39 is 36.4 Å². The fraction of sp³-hybridized carbons (Fsp3) is 0.700. The summed E-state index contributed by atoms with van der Waals surface area (Å²) in [5.74, 6) is -3.68. The van der Waals surface area contributed by atoms with Crippen LogP contribution >= 0.6 is 0 Å². The Morgan fingerprint density at radius 2 is 1.39 bits per heavy atom. The first-order valence-corrected chi connectivity index (χ1v) is 5.42. The number of carboxylic acid groups (broad SMARTS) is 3. The molecule has 0 saturated heterocycles. The van der Waals surface area contributed by atoms with Crippen LogP contribution in [0.4, 0.5) is 0 Å². The monoisotopic (exact) mass is 262 g/mol. The summed E-state index contributed by atoms with van der Waals surface area (Å²) >= 11 is 0. The van der Waals surface area contributed by atoms with Gasteiger partial charge in [0, 0.05) is 0 Å². The molecule has 0 aromatic carbocycles.